The van der Waals surface area contributed by atoms with Crippen LogP contribution in [0, 0.1) is 0 Å². The van der Waals surface area contributed by atoms with Crippen molar-refractivity contribution in [2.75, 3.05) is 4.90 Å². The Morgan fingerprint density at radius 2 is 1.55 bits per heavy atom. The fourth-order valence-electron chi connectivity index (χ4n) is 3.10. The summed E-state index contributed by atoms with van der Waals surface area (Å²) in [5.74, 6) is -0.962. The van der Waals surface area contributed by atoms with Gasteiger partial charge in [-0.25, -0.2) is 9.69 Å². The average molecular weight is 433 g/mol. The van der Waals surface area contributed by atoms with E-state index in [1.54, 1.807) is 66.7 Å². The van der Waals surface area contributed by atoms with Gasteiger partial charge >= 0.3 is 6.03 Å². The second-order valence-corrected chi connectivity index (χ2v) is 7.18. The number of carbonyl (C=O) groups excluding carboxylic acids is 3. The van der Waals surface area contributed by atoms with Crippen molar-refractivity contribution in [3.05, 3.63) is 101 Å². The normalized spacial score (nSPS) is 15.2. The number of benzene rings is 3. The van der Waals surface area contributed by atoms with Crippen molar-refractivity contribution in [3.63, 3.8) is 0 Å². The van der Waals surface area contributed by atoms with Gasteiger partial charge in [-0.1, -0.05) is 60.1 Å². The van der Waals surface area contributed by atoms with Crippen LogP contribution in [0.1, 0.15) is 11.1 Å². The van der Waals surface area contributed by atoms with Gasteiger partial charge in [-0.05, 0) is 42.0 Å². The molecule has 7 heteroatoms. The molecule has 0 atom stereocenters. The quantitative estimate of drug-likeness (QED) is 0.472. The number of hydrogen-bond donors (Lipinski definition) is 1. The molecule has 0 spiro atoms. The Hall–Kier alpha value is -3.90. The number of nitrogens with one attached hydrogen (secondary N) is 1. The molecule has 0 unspecified atom stereocenters. The summed E-state index contributed by atoms with van der Waals surface area (Å²) < 4.78 is 5.90. The molecular formula is C24H17ClN2O4. The first-order valence-electron chi connectivity index (χ1n) is 9.46. The number of carbonyl (C=O) groups is 3. The molecule has 0 saturated carbocycles. The maximum absolute atomic E-state index is 13.0. The molecule has 1 aliphatic rings. The minimum atomic E-state index is -0.786. The number of rotatable bonds is 5. The smallest absolute Gasteiger partial charge is 0.335 e. The van der Waals surface area contributed by atoms with Crippen LogP contribution in [0.4, 0.5) is 10.5 Å². The Morgan fingerprint density at radius 3 is 2.29 bits per heavy atom. The van der Waals surface area contributed by atoms with E-state index in [1.807, 2.05) is 12.1 Å². The number of nitrogens with zero attached hydrogens (tertiary/aromatic N) is 1. The summed E-state index contributed by atoms with van der Waals surface area (Å²) in [6.45, 7) is 0.284. The number of halogens is 1. The van der Waals surface area contributed by atoms with Gasteiger partial charge in [-0.2, -0.15) is 0 Å². The number of imide groups is 2. The number of amides is 4. The van der Waals surface area contributed by atoms with Crippen LogP contribution in [0.3, 0.4) is 0 Å². The van der Waals surface area contributed by atoms with E-state index in [0.717, 1.165) is 10.5 Å². The number of anilines is 1. The molecule has 1 fully saturated rings. The van der Waals surface area contributed by atoms with Crippen LogP contribution in [0.5, 0.6) is 5.75 Å². The van der Waals surface area contributed by atoms with Gasteiger partial charge in [0.1, 0.15) is 17.9 Å². The van der Waals surface area contributed by atoms with Crippen molar-refractivity contribution in [1.82, 2.24) is 5.32 Å². The van der Waals surface area contributed by atoms with Crippen LogP contribution in [0.2, 0.25) is 5.02 Å². The first-order valence-corrected chi connectivity index (χ1v) is 9.83. The number of barbiturate groups is 1. The minimum Gasteiger partial charge on any atom is -0.488 e. The van der Waals surface area contributed by atoms with E-state index >= 15 is 0 Å². The van der Waals surface area contributed by atoms with Crippen LogP contribution in [-0.2, 0) is 16.2 Å². The summed E-state index contributed by atoms with van der Waals surface area (Å²) in [6.07, 6.45) is 1.43. The summed E-state index contributed by atoms with van der Waals surface area (Å²) in [5.41, 5.74) is 1.66. The van der Waals surface area contributed by atoms with Crippen molar-refractivity contribution in [1.29, 1.82) is 0 Å². The Balaban J connectivity index is 1.62. The molecular weight excluding hydrogens is 416 g/mol. The van der Waals surface area contributed by atoms with E-state index in [4.69, 9.17) is 16.3 Å². The zero-order valence-electron chi connectivity index (χ0n) is 16.2. The molecule has 0 radical (unpaired) electrons. The van der Waals surface area contributed by atoms with Crippen molar-refractivity contribution in [2.45, 2.75) is 6.61 Å². The van der Waals surface area contributed by atoms with Gasteiger partial charge in [-0.3, -0.25) is 14.9 Å². The molecule has 4 amide bonds. The Bertz CT molecular complexity index is 1170. The third kappa shape index (κ3) is 4.49. The molecule has 1 aliphatic heterocycles. The van der Waals surface area contributed by atoms with Crippen LogP contribution in [0.25, 0.3) is 6.08 Å². The highest BCUT2D eigenvalue weighted by atomic mass is 35.5. The number of urea groups is 1. The molecule has 31 heavy (non-hydrogen) atoms. The van der Waals surface area contributed by atoms with Gasteiger partial charge in [-0.15, -0.1) is 0 Å². The monoisotopic (exact) mass is 432 g/mol. The minimum absolute atomic E-state index is 0.161. The predicted octanol–water partition coefficient (Wildman–Crippen LogP) is 4.59. The Morgan fingerprint density at radius 1 is 0.871 bits per heavy atom. The number of ether oxygens (including phenoxy) is 1. The van der Waals surface area contributed by atoms with E-state index in [1.165, 1.54) is 6.08 Å². The molecule has 3 aromatic carbocycles. The zero-order valence-corrected chi connectivity index (χ0v) is 17.0. The van der Waals surface area contributed by atoms with Gasteiger partial charge in [0.15, 0.2) is 0 Å². The highest BCUT2D eigenvalue weighted by molar-refractivity contribution is 6.39. The van der Waals surface area contributed by atoms with Crippen molar-refractivity contribution in [2.24, 2.45) is 0 Å². The van der Waals surface area contributed by atoms with Gasteiger partial charge in [0.05, 0.1) is 5.69 Å². The summed E-state index contributed by atoms with van der Waals surface area (Å²) >= 11 is 5.91. The van der Waals surface area contributed by atoms with Crippen LogP contribution in [-0.4, -0.2) is 17.8 Å². The Kier molecular flexibility index (Phi) is 5.82. The summed E-state index contributed by atoms with van der Waals surface area (Å²) in [7, 11) is 0. The molecule has 0 aliphatic carbocycles. The summed E-state index contributed by atoms with van der Waals surface area (Å²) in [5, 5.41) is 2.85. The van der Waals surface area contributed by atoms with Crippen molar-refractivity contribution < 1.29 is 19.1 Å². The lowest BCUT2D eigenvalue weighted by Gasteiger charge is -2.26. The van der Waals surface area contributed by atoms with Crippen molar-refractivity contribution >= 4 is 41.2 Å². The molecule has 4 rings (SSSR count). The molecule has 6 nitrogen and oxygen atoms in total. The highest BCUT2D eigenvalue weighted by Gasteiger charge is 2.36. The van der Waals surface area contributed by atoms with Gasteiger partial charge in [0.25, 0.3) is 11.8 Å². The van der Waals surface area contributed by atoms with E-state index in [-0.39, 0.29) is 12.2 Å². The van der Waals surface area contributed by atoms with Crippen molar-refractivity contribution in [3.8, 4) is 5.75 Å². The lowest BCUT2D eigenvalue weighted by Crippen LogP contribution is -2.54. The number of hydrogen-bond acceptors (Lipinski definition) is 4. The second-order valence-electron chi connectivity index (χ2n) is 6.75. The highest BCUT2D eigenvalue weighted by Crippen LogP contribution is 2.26. The zero-order chi connectivity index (χ0) is 21.8. The van der Waals surface area contributed by atoms with E-state index < -0.39 is 17.8 Å². The van der Waals surface area contributed by atoms with Crippen LogP contribution >= 0.6 is 11.6 Å². The van der Waals surface area contributed by atoms with Gasteiger partial charge in [0.2, 0.25) is 0 Å². The van der Waals surface area contributed by atoms with Gasteiger partial charge < -0.3 is 4.74 Å². The standard InChI is InChI=1S/C24H17ClN2O4/c25-18-12-10-16(11-13-18)15-31-21-9-5-4-6-17(21)14-20-22(28)26-24(30)27(23(20)29)19-7-2-1-3-8-19/h1-14H,15H2,(H,26,28,30)/b20-14+. The summed E-state index contributed by atoms with van der Waals surface area (Å²) in [6, 6.07) is 21.9. The maximum atomic E-state index is 13.0. The van der Waals surface area contributed by atoms with Gasteiger partial charge in [0, 0.05) is 10.6 Å². The third-order valence-electron chi connectivity index (χ3n) is 4.64. The molecule has 1 heterocycles. The van der Waals surface area contributed by atoms with E-state index in [2.05, 4.69) is 5.32 Å². The van der Waals surface area contributed by atoms with Crippen LogP contribution < -0.4 is 15.0 Å². The Labute approximate surface area is 183 Å². The third-order valence-corrected chi connectivity index (χ3v) is 4.89. The molecule has 3 aromatic rings. The first-order chi connectivity index (χ1) is 15.0. The number of para-hydroxylation sites is 2. The summed E-state index contributed by atoms with van der Waals surface area (Å²) in [4.78, 5) is 38.6. The molecule has 1 N–H and O–H groups in total. The van der Waals surface area contributed by atoms with E-state index in [9.17, 15) is 14.4 Å². The lowest BCUT2D eigenvalue weighted by molar-refractivity contribution is -0.122. The fourth-order valence-corrected chi connectivity index (χ4v) is 3.22. The molecule has 1 saturated heterocycles. The lowest BCUT2D eigenvalue weighted by atomic mass is 10.1. The second kappa shape index (κ2) is 8.85. The molecule has 0 bridgehead atoms. The predicted molar refractivity (Wildman–Crippen MR) is 118 cm³/mol. The molecule has 0 aromatic heterocycles. The first kappa shape index (κ1) is 20.4. The fraction of sp³-hybridized carbons (Fsp3) is 0.0417. The maximum Gasteiger partial charge on any atom is 0.335 e. The topological polar surface area (TPSA) is 75.7 Å². The van der Waals surface area contributed by atoms with E-state index in [0.29, 0.717) is 22.0 Å². The van der Waals surface area contributed by atoms with Crippen LogP contribution in [0.15, 0.2) is 84.4 Å². The average Bonchev–Trinajstić information content (AvgIpc) is 2.77. The largest absolute Gasteiger partial charge is 0.488 e. The SMILES string of the molecule is O=C1NC(=O)N(c2ccccc2)C(=O)/C1=C/c1ccccc1OCc1ccc(Cl)cc1. The molecule has 154 valence electrons.